The van der Waals surface area contributed by atoms with Crippen LogP contribution >= 0.6 is 11.6 Å². The van der Waals surface area contributed by atoms with Crippen LogP contribution in [0.5, 0.6) is 5.75 Å². The highest BCUT2D eigenvalue weighted by atomic mass is 35.5. The fraction of sp³-hybridized carbons (Fsp3) is 0.259. The fourth-order valence-electron chi connectivity index (χ4n) is 4.51. The molecule has 1 N–H and O–H groups in total. The van der Waals surface area contributed by atoms with Gasteiger partial charge in [-0.3, -0.25) is 9.69 Å². The predicted molar refractivity (Wildman–Crippen MR) is 137 cm³/mol. The van der Waals surface area contributed by atoms with Crippen LogP contribution in [0.2, 0.25) is 5.02 Å². The Kier molecular flexibility index (Phi) is 6.61. The summed E-state index contributed by atoms with van der Waals surface area (Å²) >= 11 is 6.09. The number of urea groups is 1. The number of rotatable bonds is 4. The summed E-state index contributed by atoms with van der Waals surface area (Å²) in [6.45, 7) is 3.00. The van der Waals surface area contributed by atoms with E-state index in [4.69, 9.17) is 21.1 Å². The highest BCUT2D eigenvalue weighted by Gasteiger charge is 2.26. The molecule has 0 aliphatic carbocycles. The van der Waals surface area contributed by atoms with Gasteiger partial charge >= 0.3 is 6.03 Å². The Morgan fingerprint density at radius 1 is 0.943 bits per heavy atom. The lowest BCUT2D eigenvalue weighted by molar-refractivity contribution is 0.0303. The SMILES string of the molecule is COc1ccc(Cl)cc1NC(=O)N1CCc2cc(-c3ccc(C(=O)N4CCOCC4)cc3)ccc21. The molecule has 3 aromatic rings. The molecule has 180 valence electrons. The number of nitrogens with one attached hydrogen (secondary N) is 1. The maximum Gasteiger partial charge on any atom is 0.326 e. The molecule has 7 nitrogen and oxygen atoms in total. The quantitative estimate of drug-likeness (QED) is 0.552. The molecule has 8 heteroatoms. The van der Waals surface area contributed by atoms with Gasteiger partial charge in [-0.05, 0) is 65.6 Å². The first-order chi connectivity index (χ1) is 17.0. The van der Waals surface area contributed by atoms with E-state index >= 15 is 0 Å². The normalized spacial score (nSPS) is 15.0. The monoisotopic (exact) mass is 491 g/mol. The summed E-state index contributed by atoms with van der Waals surface area (Å²) in [6.07, 6.45) is 0.761. The molecule has 1 fully saturated rings. The molecule has 0 spiro atoms. The molecule has 0 atom stereocenters. The summed E-state index contributed by atoms with van der Waals surface area (Å²) in [5.74, 6) is 0.583. The van der Waals surface area contributed by atoms with Crippen LogP contribution in [0.1, 0.15) is 15.9 Å². The van der Waals surface area contributed by atoms with E-state index in [1.54, 1.807) is 30.2 Å². The molecule has 0 aromatic heterocycles. The third kappa shape index (κ3) is 4.83. The lowest BCUT2D eigenvalue weighted by atomic mass is 10.0. The molecule has 35 heavy (non-hydrogen) atoms. The molecule has 5 rings (SSSR count). The van der Waals surface area contributed by atoms with E-state index in [1.165, 1.54) is 0 Å². The Hall–Kier alpha value is -3.55. The zero-order valence-corrected chi connectivity index (χ0v) is 20.2. The van der Waals surface area contributed by atoms with Gasteiger partial charge in [-0.15, -0.1) is 0 Å². The van der Waals surface area contributed by atoms with Crippen LogP contribution in [0.4, 0.5) is 16.2 Å². The first-order valence-corrected chi connectivity index (χ1v) is 11.9. The van der Waals surface area contributed by atoms with Crippen LogP contribution in [0.25, 0.3) is 11.1 Å². The largest absolute Gasteiger partial charge is 0.495 e. The number of anilines is 2. The van der Waals surface area contributed by atoms with E-state index in [9.17, 15) is 9.59 Å². The van der Waals surface area contributed by atoms with Crippen LogP contribution in [0.15, 0.2) is 60.7 Å². The highest BCUT2D eigenvalue weighted by molar-refractivity contribution is 6.31. The van der Waals surface area contributed by atoms with Gasteiger partial charge in [0.05, 0.1) is 26.0 Å². The van der Waals surface area contributed by atoms with Gasteiger partial charge in [-0.25, -0.2) is 4.79 Å². The molecule has 0 radical (unpaired) electrons. The molecule has 2 aliphatic rings. The Morgan fingerprint density at radius 3 is 2.43 bits per heavy atom. The first kappa shape index (κ1) is 23.2. The number of carbonyl (C=O) groups excluding carboxylic acids is 2. The molecule has 2 aliphatic heterocycles. The zero-order chi connectivity index (χ0) is 24.4. The van der Waals surface area contributed by atoms with Gasteiger partial charge in [0.25, 0.3) is 5.91 Å². The van der Waals surface area contributed by atoms with E-state index in [-0.39, 0.29) is 11.9 Å². The van der Waals surface area contributed by atoms with Crippen molar-refractivity contribution in [2.75, 3.05) is 50.2 Å². The molecule has 3 aromatic carbocycles. The fourth-order valence-corrected chi connectivity index (χ4v) is 4.68. The Labute approximate surface area is 209 Å². The summed E-state index contributed by atoms with van der Waals surface area (Å²) < 4.78 is 10.7. The molecule has 3 amide bonds. The smallest absolute Gasteiger partial charge is 0.326 e. The molecule has 2 heterocycles. The van der Waals surface area contributed by atoms with Crippen molar-refractivity contribution in [2.24, 2.45) is 0 Å². The molecule has 0 saturated carbocycles. The van der Waals surface area contributed by atoms with Crippen LogP contribution in [0.3, 0.4) is 0 Å². The average Bonchev–Trinajstić information content (AvgIpc) is 3.32. The average molecular weight is 492 g/mol. The Bertz CT molecular complexity index is 1260. The summed E-state index contributed by atoms with van der Waals surface area (Å²) in [4.78, 5) is 29.3. The van der Waals surface area contributed by atoms with Crippen LogP contribution in [0, 0.1) is 0 Å². The van der Waals surface area contributed by atoms with Crippen molar-refractivity contribution >= 4 is 34.9 Å². The second-order valence-electron chi connectivity index (χ2n) is 8.50. The summed E-state index contributed by atoms with van der Waals surface area (Å²) in [5, 5.41) is 3.43. The number of hydrogen-bond donors (Lipinski definition) is 1. The van der Waals surface area contributed by atoms with Crippen LogP contribution in [-0.2, 0) is 11.2 Å². The second kappa shape index (κ2) is 9.98. The van der Waals surface area contributed by atoms with Gasteiger partial charge in [0.15, 0.2) is 0 Å². The maximum atomic E-state index is 13.0. The minimum Gasteiger partial charge on any atom is -0.495 e. The second-order valence-corrected chi connectivity index (χ2v) is 8.94. The highest BCUT2D eigenvalue weighted by Crippen LogP contribution is 2.34. The number of amides is 3. The molecular weight excluding hydrogens is 466 g/mol. The van der Waals surface area contributed by atoms with E-state index in [1.807, 2.05) is 41.3 Å². The van der Waals surface area contributed by atoms with Crippen molar-refractivity contribution in [2.45, 2.75) is 6.42 Å². The summed E-state index contributed by atoms with van der Waals surface area (Å²) in [6, 6.07) is 18.7. The lowest BCUT2D eigenvalue weighted by Crippen LogP contribution is -2.40. The van der Waals surface area contributed by atoms with E-state index in [0.29, 0.717) is 54.9 Å². The van der Waals surface area contributed by atoms with Crippen molar-refractivity contribution in [1.29, 1.82) is 0 Å². The number of benzene rings is 3. The third-order valence-electron chi connectivity index (χ3n) is 6.39. The number of nitrogens with zero attached hydrogens (tertiary/aromatic N) is 2. The standard InChI is InChI=1S/C27H26ClN3O4/c1-34-25-9-7-22(28)17-23(25)29-27(33)31-11-10-21-16-20(6-8-24(21)31)18-2-4-19(5-3-18)26(32)30-12-14-35-15-13-30/h2-9,16-17H,10-15H2,1H3,(H,29,33). The maximum absolute atomic E-state index is 13.0. The van der Waals surface area contributed by atoms with Gasteiger partial charge in [-0.1, -0.05) is 29.8 Å². The Balaban J connectivity index is 1.30. The molecular formula is C27H26ClN3O4. The topological polar surface area (TPSA) is 71.1 Å². The number of morpholine rings is 1. The minimum atomic E-state index is -0.233. The summed E-state index contributed by atoms with van der Waals surface area (Å²) in [5.41, 5.74) is 5.26. The lowest BCUT2D eigenvalue weighted by Gasteiger charge is -2.26. The van der Waals surface area contributed by atoms with Crippen LogP contribution in [-0.4, -0.2) is 56.8 Å². The van der Waals surface area contributed by atoms with Crippen molar-refractivity contribution in [3.63, 3.8) is 0 Å². The number of halogens is 1. The van der Waals surface area contributed by atoms with E-state index in [2.05, 4.69) is 11.4 Å². The first-order valence-electron chi connectivity index (χ1n) is 11.6. The number of carbonyl (C=O) groups is 2. The number of methoxy groups -OCH3 is 1. The van der Waals surface area contributed by atoms with Gasteiger partial charge in [-0.2, -0.15) is 0 Å². The Morgan fingerprint density at radius 2 is 1.69 bits per heavy atom. The minimum absolute atomic E-state index is 0.0341. The van der Waals surface area contributed by atoms with Gasteiger partial charge in [0.2, 0.25) is 0 Å². The molecule has 0 bridgehead atoms. The van der Waals surface area contributed by atoms with E-state index < -0.39 is 0 Å². The number of ether oxygens (including phenoxy) is 2. The van der Waals surface area contributed by atoms with Crippen molar-refractivity contribution in [3.05, 3.63) is 76.8 Å². The van der Waals surface area contributed by atoms with Crippen molar-refractivity contribution in [1.82, 2.24) is 4.90 Å². The molecule has 1 saturated heterocycles. The van der Waals surface area contributed by atoms with Crippen LogP contribution < -0.4 is 15.0 Å². The van der Waals surface area contributed by atoms with Crippen molar-refractivity contribution < 1.29 is 19.1 Å². The van der Waals surface area contributed by atoms with Gasteiger partial charge in [0, 0.05) is 35.9 Å². The van der Waals surface area contributed by atoms with Gasteiger partial charge < -0.3 is 19.7 Å². The van der Waals surface area contributed by atoms with E-state index in [0.717, 1.165) is 28.8 Å². The number of fused-ring (bicyclic) bond motifs is 1. The number of hydrogen-bond acceptors (Lipinski definition) is 4. The third-order valence-corrected chi connectivity index (χ3v) is 6.62. The van der Waals surface area contributed by atoms with Gasteiger partial charge in [0.1, 0.15) is 5.75 Å². The van der Waals surface area contributed by atoms with Crippen molar-refractivity contribution in [3.8, 4) is 16.9 Å². The zero-order valence-electron chi connectivity index (χ0n) is 19.4. The predicted octanol–water partition coefficient (Wildman–Crippen LogP) is 5.08. The summed E-state index contributed by atoms with van der Waals surface area (Å²) in [7, 11) is 1.55. The molecule has 0 unspecified atom stereocenters.